The van der Waals surface area contributed by atoms with Crippen molar-refractivity contribution < 1.29 is 4.74 Å². The van der Waals surface area contributed by atoms with Gasteiger partial charge >= 0.3 is 0 Å². The van der Waals surface area contributed by atoms with Gasteiger partial charge in [-0.2, -0.15) is 0 Å². The number of hydrogen-bond donors (Lipinski definition) is 1. The molecule has 0 bridgehead atoms. The summed E-state index contributed by atoms with van der Waals surface area (Å²) < 4.78 is 5.99. The number of pyridine rings is 1. The van der Waals surface area contributed by atoms with Gasteiger partial charge in [0.25, 0.3) is 0 Å². The molecule has 33 heavy (non-hydrogen) atoms. The first-order chi connectivity index (χ1) is 16.3. The predicted octanol–water partition coefficient (Wildman–Crippen LogP) is 5.28. The molecule has 0 radical (unpaired) electrons. The number of nitrogens with one attached hydrogen (secondary N) is 1. The highest BCUT2D eigenvalue weighted by Gasteiger charge is 2.01. The summed E-state index contributed by atoms with van der Waals surface area (Å²) >= 11 is 0. The number of aromatic amines is 1. The summed E-state index contributed by atoms with van der Waals surface area (Å²) in [6.07, 6.45) is 5.89. The van der Waals surface area contributed by atoms with Crippen molar-refractivity contribution in [2.75, 3.05) is 0 Å². The molecule has 3 aromatic carbocycles. The number of benzene rings is 3. The fraction of sp³-hybridized carbons (Fsp3) is 0.111. The first kappa shape index (κ1) is 20.6. The van der Waals surface area contributed by atoms with Gasteiger partial charge in [-0.1, -0.05) is 72.8 Å². The molecule has 0 aliphatic heterocycles. The van der Waals surface area contributed by atoms with E-state index in [1.165, 1.54) is 5.56 Å². The Labute approximate surface area is 192 Å². The molecular weight excluding hydrogens is 410 g/mol. The molecule has 2 heterocycles. The van der Waals surface area contributed by atoms with Gasteiger partial charge in [0, 0.05) is 11.8 Å². The molecule has 6 nitrogen and oxygen atoms in total. The normalized spacial score (nSPS) is 11.3. The van der Waals surface area contributed by atoms with Gasteiger partial charge in [0.15, 0.2) is 0 Å². The van der Waals surface area contributed by atoms with Gasteiger partial charge in [-0.25, -0.2) is 10.1 Å². The Bertz CT molecular complexity index is 1360. The highest BCUT2D eigenvalue weighted by Crippen LogP contribution is 2.18. The third-order valence-corrected chi connectivity index (χ3v) is 5.39. The van der Waals surface area contributed by atoms with Gasteiger partial charge in [0.05, 0.1) is 11.2 Å². The number of rotatable bonds is 8. The molecule has 0 aliphatic rings. The van der Waals surface area contributed by atoms with E-state index in [0.29, 0.717) is 6.61 Å². The lowest BCUT2D eigenvalue weighted by molar-refractivity contribution is 0.302. The van der Waals surface area contributed by atoms with Crippen molar-refractivity contribution in [3.63, 3.8) is 0 Å². The number of H-pyrrole nitrogens is 1. The standard InChI is InChI=1S/C27H23N5O/c1-2-7-26-23(5-1)15-16-24(28-26)19-33-25-6-3-4-22(18-25)13-12-20-8-10-21(11-9-20)14-17-27-29-31-32-30-27/h1-13,15-16,18H,14,17,19H2,(H,29,30,31,32)/b13-12+. The van der Waals surface area contributed by atoms with E-state index in [0.717, 1.165) is 52.1 Å². The second-order valence-electron chi connectivity index (χ2n) is 7.78. The zero-order chi connectivity index (χ0) is 22.3. The maximum Gasteiger partial charge on any atom is 0.148 e. The van der Waals surface area contributed by atoms with Crippen molar-refractivity contribution >= 4 is 23.1 Å². The molecule has 0 aliphatic carbocycles. The zero-order valence-corrected chi connectivity index (χ0v) is 18.1. The van der Waals surface area contributed by atoms with Crippen LogP contribution in [0.25, 0.3) is 23.1 Å². The largest absolute Gasteiger partial charge is 0.487 e. The second-order valence-corrected chi connectivity index (χ2v) is 7.78. The summed E-state index contributed by atoms with van der Waals surface area (Å²) in [5.41, 5.74) is 5.37. The maximum atomic E-state index is 5.99. The monoisotopic (exact) mass is 433 g/mol. The van der Waals surface area contributed by atoms with Crippen LogP contribution in [0.1, 0.15) is 28.2 Å². The average Bonchev–Trinajstić information content (AvgIpc) is 3.40. The highest BCUT2D eigenvalue weighted by molar-refractivity contribution is 5.78. The predicted molar refractivity (Wildman–Crippen MR) is 129 cm³/mol. The molecule has 0 amide bonds. The molecule has 2 aromatic heterocycles. The van der Waals surface area contributed by atoms with E-state index in [-0.39, 0.29) is 0 Å². The Hall–Kier alpha value is -4.32. The Morgan fingerprint density at radius 1 is 0.788 bits per heavy atom. The van der Waals surface area contributed by atoms with Crippen molar-refractivity contribution in [3.8, 4) is 5.75 Å². The van der Waals surface area contributed by atoms with Crippen LogP contribution in [0.2, 0.25) is 0 Å². The van der Waals surface area contributed by atoms with Gasteiger partial charge in [0.1, 0.15) is 18.2 Å². The van der Waals surface area contributed by atoms with Crippen LogP contribution >= 0.6 is 0 Å². The fourth-order valence-corrected chi connectivity index (χ4v) is 3.59. The fourth-order valence-electron chi connectivity index (χ4n) is 3.59. The summed E-state index contributed by atoms with van der Waals surface area (Å²) in [6.45, 7) is 0.434. The Balaban J connectivity index is 1.18. The number of tetrazole rings is 1. The smallest absolute Gasteiger partial charge is 0.148 e. The Morgan fingerprint density at radius 2 is 1.67 bits per heavy atom. The first-order valence-electron chi connectivity index (χ1n) is 10.9. The minimum atomic E-state index is 0.434. The Morgan fingerprint density at radius 3 is 2.55 bits per heavy atom. The molecule has 0 unspecified atom stereocenters. The van der Waals surface area contributed by atoms with Crippen molar-refractivity contribution in [2.45, 2.75) is 19.4 Å². The van der Waals surface area contributed by atoms with Crippen molar-refractivity contribution in [2.24, 2.45) is 0 Å². The molecule has 0 atom stereocenters. The molecule has 0 spiro atoms. The van der Waals surface area contributed by atoms with Gasteiger partial charge in [-0.15, -0.1) is 5.10 Å². The summed E-state index contributed by atoms with van der Waals surface area (Å²) in [4.78, 5) is 4.67. The van der Waals surface area contributed by atoms with Crippen LogP contribution < -0.4 is 4.74 Å². The van der Waals surface area contributed by atoms with Crippen LogP contribution in [0.4, 0.5) is 0 Å². The number of aryl methyl sites for hydroxylation is 2. The third kappa shape index (κ3) is 5.49. The minimum absolute atomic E-state index is 0.434. The third-order valence-electron chi connectivity index (χ3n) is 5.39. The van der Waals surface area contributed by atoms with Crippen molar-refractivity contribution in [1.82, 2.24) is 25.6 Å². The number of hydrogen-bond acceptors (Lipinski definition) is 5. The van der Waals surface area contributed by atoms with E-state index in [9.17, 15) is 0 Å². The van der Waals surface area contributed by atoms with Crippen molar-refractivity contribution in [1.29, 1.82) is 0 Å². The second kappa shape index (κ2) is 9.87. The summed E-state index contributed by atoms with van der Waals surface area (Å²) in [5.74, 6) is 1.63. The van der Waals surface area contributed by atoms with E-state index < -0.39 is 0 Å². The van der Waals surface area contributed by atoms with Crippen LogP contribution in [0, 0.1) is 0 Å². The average molecular weight is 434 g/mol. The Kier molecular flexibility index (Phi) is 6.15. The lowest BCUT2D eigenvalue weighted by Gasteiger charge is -2.07. The number of para-hydroxylation sites is 1. The molecule has 5 rings (SSSR count). The van der Waals surface area contributed by atoms with Crippen LogP contribution in [0.3, 0.4) is 0 Å². The lowest BCUT2D eigenvalue weighted by atomic mass is 10.1. The number of fused-ring (bicyclic) bond motifs is 1. The summed E-state index contributed by atoms with van der Waals surface area (Å²) in [5, 5.41) is 15.0. The molecule has 0 fully saturated rings. The maximum absolute atomic E-state index is 5.99. The zero-order valence-electron chi connectivity index (χ0n) is 18.1. The van der Waals surface area contributed by atoms with Crippen LogP contribution in [0.5, 0.6) is 5.75 Å². The number of nitrogens with zero attached hydrogens (tertiary/aromatic N) is 4. The molecular formula is C27H23N5O. The SMILES string of the molecule is C(=C\c1cccc(OCc2ccc3ccccc3n2)c1)/c1ccc(CCc2nnn[nH]2)cc1. The van der Waals surface area contributed by atoms with Crippen LogP contribution in [0.15, 0.2) is 84.9 Å². The topological polar surface area (TPSA) is 76.6 Å². The van der Waals surface area contributed by atoms with E-state index in [4.69, 9.17) is 4.74 Å². The van der Waals surface area contributed by atoms with Crippen molar-refractivity contribution in [3.05, 3.63) is 113 Å². The van der Waals surface area contributed by atoms with E-state index in [1.807, 2.05) is 42.5 Å². The minimum Gasteiger partial charge on any atom is -0.487 e. The van der Waals surface area contributed by atoms with E-state index in [1.54, 1.807) is 0 Å². The van der Waals surface area contributed by atoms with Gasteiger partial charge in [-0.05, 0) is 57.8 Å². The van der Waals surface area contributed by atoms with Gasteiger partial charge < -0.3 is 4.74 Å². The molecule has 6 heteroatoms. The van der Waals surface area contributed by atoms with E-state index >= 15 is 0 Å². The highest BCUT2D eigenvalue weighted by atomic mass is 16.5. The number of aromatic nitrogens is 5. The molecule has 0 saturated carbocycles. The lowest BCUT2D eigenvalue weighted by Crippen LogP contribution is -1.98. The quantitative estimate of drug-likeness (QED) is 0.337. The van der Waals surface area contributed by atoms with Gasteiger partial charge in [0.2, 0.25) is 0 Å². The molecule has 5 aromatic rings. The summed E-state index contributed by atoms with van der Waals surface area (Å²) in [7, 11) is 0. The number of ether oxygens (including phenoxy) is 1. The molecule has 1 N–H and O–H groups in total. The van der Waals surface area contributed by atoms with Gasteiger partial charge in [-0.3, -0.25) is 0 Å². The first-order valence-corrected chi connectivity index (χ1v) is 10.9. The van der Waals surface area contributed by atoms with Crippen LogP contribution in [-0.2, 0) is 19.4 Å². The molecule has 0 saturated heterocycles. The molecule has 162 valence electrons. The summed E-state index contributed by atoms with van der Waals surface area (Å²) in [6, 6.07) is 28.8. The van der Waals surface area contributed by atoms with Crippen LogP contribution in [-0.4, -0.2) is 25.6 Å². The van der Waals surface area contributed by atoms with E-state index in [2.05, 4.69) is 80.2 Å².